The first kappa shape index (κ1) is 25.6. The van der Waals surface area contributed by atoms with Crippen molar-refractivity contribution < 1.29 is 37.2 Å². The summed E-state index contributed by atoms with van der Waals surface area (Å²) in [6.45, 7) is 0. The maximum absolute atomic E-state index is 12.9. The number of aromatic hydroxyl groups is 1. The van der Waals surface area contributed by atoms with E-state index in [0.29, 0.717) is 28.6 Å². The number of anilines is 1. The topological polar surface area (TPSA) is 113 Å². The van der Waals surface area contributed by atoms with Gasteiger partial charge in [-0.15, -0.1) is 0 Å². The molecule has 0 spiro atoms. The molecular formula is C25H27NO8S. The molecule has 0 saturated carbocycles. The van der Waals surface area contributed by atoms with Crippen LogP contribution in [0.4, 0.5) is 5.69 Å². The molecule has 0 saturated heterocycles. The predicted octanol–water partition coefficient (Wildman–Crippen LogP) is 4.41. The van der Waals surface area contributed by atoms with Gasteiger partial charge >= 0.3 is 0 Å². The Hall–Kier alpha value is -4.05. The first-order valence-corrected chi connectivity index (χ1v) is 11.8. The smallest absolute Gasteiger partial charge is 0.262 e. The van der Waals surface area contributed by atoms with Crippen molar-refractivity contribution in [3.8, 4) is 34.5 Å². The van der Waals surface area contributed by atoms with Gasteiger partial charge in [0.05, 0.1) is 46.1 Å². The lowest BCUT2D eigenvalue weighted by molar-refractivity contribution is 0.324. The molecule has 35 heavy (non-hydrogen) atoms. The van der Waals surface area contributed by atoms with Crippen LogP contribution >= 0.6 is 0 Å². The molecule has 0 unspecified atom stereocenters. The monoisotopic (exact) mass is 501 g/mol. The van der Waals surface area contributed by atoms with Gasteiger partial charge in [-0.1, -0.05) is 12.2 Å². The fraction of sp³-hybridized carbons (Fsp3) is 0.200. The van der Waals surface area contributed by atoms with Crippen molar-refractivity contribution in [1.29, 1.82) is 0 Å². The summed E-state index contributed by atoms with van der Waals surface area (Å²) >= 11 is 0. The molecule has 0 aliphatic heterocycles. The van der Waals surface area contributed by atoms with E-state index in [1.54, 1.807) is 42.5 Å². The number of hydrogen-bond donors (Lipinski definition) is 2. The van der Waals surface area contributed by atoms with Gasteiger partial charge in [0.2, 0.25) is 5.75 Å². The van der Waals surface area contributed by atoms with Crippen LogP contribution in [0.1, 0.15) is 11.1 Å². The minimum Gasteiger partial charge on any atom is -0.504 e. The van der Waals surface area contributed by atoms with Crippen LogP contribution in [0, 0.1) is 0 Å². The SMILES string of the molecule is COc1ccc(S(=O)(=O)Nc2cc(C=Cc3cc(OC)c(OC)c(OC)c3)cc(O)c2OC)cc1. The Bertz CT molecular complexity index is 1290. The molecule has 0 radical (unpaired) electrons. The Labute approximate surface area is 204 Å². The Morgan fingerprint density at radius 2 is 1.26 bits per heavy atom. The second kappa shape index (κ2) is 10.9. The van der Waals surface area contributed by atoms with Gasteiger partial charge in [-0.25, -0.2) is 8.42 Å². The highest BCUT2D eigenvalue weighted by Crippen LogP contribution is 2.40. The largest absolute Gasteiger partial charge is 0.504 e. The van der Waals surface area contributed by atoms with E-state index in [0.717, 1.165) is 5.56 Å². The van der Waals surface area contributed by atoms with Gasteiger partial charge in [0.25, 0.3) is 10.0 Å². The van der Waals surface area contributed by atoms with Crippen LogP contribution in [-0.2, 0) is 10.0 Å². The van der Waals surface area contributed by atoms with E-state index in [1.165, 1.54) is 53.7 Å². The van der Waals surface area contributed by atoms with Crippen molar-refractivity contribution in [2.24, 2.45) is 0 Å². The molecule has 0 aliphatic rings. The molecule has 3 aromatic rings. The van der Waals surface area contributed by atoms with Gasteiger partial charge in [-0.2, -0.15) is 0 Å². The number of nitrogens with one attached hydrogen (secondary N) is 1. The molecule has 3 rings (SSSR count). The third kappa shape index (κ3) is 5.72. The summed E-state index contributed by atoms with van der Waals surface area (Å²) in [4.78, 5) is 0.0261. The molecule has 0 aromatic heterocycles. The van der Waals surface area contributed by atoms with Gasteiger partial charge in [-0.3, -0.25) is 4.72 Å². The highest BCUT2D eigenvalue weighted by molar-refractivity contribution is 7.92. The zero-order chi connectivity index (χ0) is 25.6. The molecule has 2 N–H and O–H groups in total. The minimum atomic E-state index is -3.96. The number of phenols is 1. The summed E-state index contributed by atoms with van der Waals surface area (Å²) in [5.74, 6) is 1.72. The molecular weight excluding hydrogens is 474 g/mol. The zero-order valence-electron chi connectivity index (χ0n) is 20.0. The molecule has 0 heterocycles. The molecule has 0 aliphatic carbocycles. The number of hydrogen-bond acceptors (Lipinski definition) is 8. The lowest BCUT2D eigenvalue weighted by Gasteiger charge is -2.14. The van der Waals surface area contributed by atoms with Crippen LogP contribution in [0.3, 0.4) is 0 Å². The van der Waals surface area contributed by atoms with Crippen molar-refractivity contribution in [2.75, 3.05) is 40.3 Å². The molecule has 0 bridgehead atoms. The van der Waals surface area contributed by atoms with Crippen molar-refractivity contribution in [3.63, 3.8) is 0 Å². The molecule has 186 valence electrons. The average molecular weight is 502 g/mol. The normalized spacial score (nSPS) is 11.2. The Morgan fingerprint density at radius 1 is 0.714 bits per heavy atom. The van der Waals surface area contributed by atoms with E-state index in [4.69, 9.17) is 23.7 Å². The quantitative estimate of drug-likeness (QED) is 0.393. The first-order chi connectivity index (χ1) is 16.8. The van der Waals surface area contributed by atoms with Crippen LogP contribution in [-0.4, -0.2) is 49.1 Å². The molecule has 0 atom stereocenters. The van der Waals surface area contributed by atoms with Crippen LogP contribution in [0.15, 0.2) is 53.4 Å². The highest BCUT2D eigenvalue weighted by Gasteiger charge is 2.19. The third-order valence-electron chi connectivity index (χ3n) is 5.07. The fourth-order valence-corrected chi connectivity index (χ4v) is 4.42. The van der Waals surface area contributed by atoms with E-state index in [1.807, 2.05) is 0 Å². The van der Waals surface area contributed by atoms with Crippen molar-refractivity contribution >= 4 is 27.9 Å². The second-order valence-electron chi connectivity index (χ2n) is 7.19. The number of phenolic OH excluding ortho intramolecular Hbond substituents is 1. The van der Waals surface area contributed by atoms with Crippen LogP contribution in [0.2, 0.25) is 0 Å². The van der Waals surface area contributed by atoms with Gasteiger partial charge in [0, 0.05) is 0 Å². The van der Waals surface area contributed by atoms with Gasteiger partial charge in [-0.05, 0) is 59.7 Å². The minimum absolute atomic E-state index is 0.00739. The van der Waals surface area contributed by atoms with E-state index < -0.39 is 10.0 Å². The fourth-order valence-electron chi connectivity index (χ4n) is 3.37. The zero-order valence-corrected chi connectivity index (χ0v) is 20.8. The number of rotatable bonds is 10. The lowest BCUT2D eigenvalue weighted by atomic mass is 10.1. The van der Waals surface area contributed by atoms with Gasteiger partial charge < -0.3 is 28.8 Å². The van der Waals surface area contributed by atoms with Gasteiger partial charge in [0.15, 0.2) is 23.0 Å². The highest BCUT2D eigenvalue weighted by atomic mass is 32.2. The third-order valence-corrected chi connectivity index (χ3v) is 6.45. The van der Waals surface area contributed by atoms with Crippen LogP contribution in [0.25, 0.3) is 12.2 Å². The maximum atomic E-state index is 12.9. The molecule has 0 amide bonds. The standard InChI is InChI=1S/C25H27NO8S/c1-30-18-8-10-19(11-9-18)35(28,29)26-20-12-16(13-21(27)24(20)33-4)6-7-17-14-22(31-2)25(34-5)23(15-17)32-3/h6-15,26-27H,1-5H3. The Kier molecular flexibility index (Phi) is 7.98. The molecule has 10 heteroatoms. The number of methoxy groups -OCH3 is 5. The maximum Gasteiger partial charge on any atom is 0.262 e. The van der Waals surface area contributed by atoms with Crippen molar-refractivity contribution in [3.05, 3.63) is 59.7 Å². The second-order valence-corrected chi connectivity index (χ2v) is 8.88. The summed E-state index contributed by atoms with van der Waals surface area (Å²) in [5, 5.41) is 10.5. The molecule has 9 nitrogen and oxygen atoms in total. The van der Waals surface area contributed by atoms with E-state index in [2.05, 4.69) is 4.72 Å². The summed E-state index contributed by atoms with van der Waals surface area (Å²) in [7, 11) is 3.43. The Morgan fingerprint density at radius 3 is 1.74 bits per heavy atom. The van der Waals surface area contributed by atoms with Crippen molar-refractivity contribution in [2.45, 2.75) is 4.90 Å². The van der Waals surface area contributed by atoms with Gasteiger partial charge in [0.1, 0.15) is 5.75 Å². The predicted molar refractivity (Wildman–Crippen MR) is 133 cm³/mol. The molecule has 0 fully saturated rings. The van der Waals surface area contributed by atoms with E-state index in [-0.39, 0.29) is 22.1 Å². The van der Waals surface area contributed by atoms with Crippen LogP contribution in [0.5, 0.6) is 34.5 Å². The summed E-state index contributed by atoms with van der Waals surface area (Å²) in [5.41, 5.74) is 1.33. The van der Waals surface area contributed by atoms with E-state index >= 15 is 0 Å². The summed E-state index contributed by atoms with van der Waals surface area (Å²) < 4.78 is 54.7. The number of ether oxygens (including phenoxy) is 5. The number of benzene rings is 3. The summed E-state index contributed by atoms with van der Waals surface area (Å²) in [6.07, 6.45) is 3.46. The van der Waals surface area contributed by atoms with Crippen molar-refractivity contribution in [1.82, 2.24) is 0 Å². The number of sulfonamides is 1. The Balaban J connectivity index is 1.97. The van der Waals surface area contributed by atoms with Crippen LogP contribution < -0.4 is 28.4 Å². The summed E-state index contributed by atoms with van der Waals surface area (Å²) in [6, 6.07) is 12.4. The average Bonchev–Trinajstić information content (AvgIpc) is 2.86. The van der Waals surface area contributed by atoms with E-state index in [9.17, 15) is 13.5 Å². The first-order valence-electron chi connectivity index (χ1n) is 10.3. The molecule has 3 aromatic carbocycles. The lowest BCUT2D eigenvalue weighted by Crippen LogP contribution is -2.13.